The maximum Gasteiger partial charge on any atom is 0.260 e. The minimum absolute atomic E-state index is 0.0698. The van der Waals surface area contributed by atoms with Gasteiger partial charge in [-0.2, -0.15) is 0 Å². The molecule has 6 heteroatoms. The number of ether oxygens (including phenoxy) is 1. The lowest BCUT2D eigenvalue weighted by molar-refractivity contribution is -0.132. The van der Waals surface area contributed by atoms with E-state index >= 15 is 0 Å². The van der Waals surface area contributed by atoms with Gasteiger partial charge in [-0.05, 0) is 38.0 Å². The molecule has 1 aliphatic heterocycles. The van der Waals surface area contributed by atoms with Crippen molar-refractivity contribution in [1.29, 1.82) is 0 Å². The Morgan fingerprint density at radius 2 is 1.93 bits per heavy atom. The summed E-state index contributed by atoms with van der Waals surface area (Å²) in [6.45, 7) is 5.20. The van der Waals surface area contributed by atoms with Gasteiger partial charge >= 0.3 is 0 Å². The van der Waals surface area contributed by atoms with E-state index in [2.05, 4.69) is 33.9 Å². The van der Waals surface area contributed by atoms with Gasteiger partial charge in [0.15, 0.2) is 6.61 Å². The second kappa shape index (κ2) is 8.44. The largest absolute Gasteiger partial charge is 0.483 e. The van der Waals surface area contributed by atoms with Crippen LogP contribution in [-0.4, -0.2) is 39.9 Å². The van der Waals surface area contributed by atoms with Gasteiger partial charge in [0.05, 0.1) is 5.69 Å². The van der Waals surface area contributed by atoms with Crippen LogP contribution in [0.1, 0.15) is 29.8 Å². The predicted octanol–water partition coefficient (Wildman–Crippen LogP) is 2.93. The molecule has 4 rings (SSSR count). The van der Waals surface area contributed by atoms with Crippen LogP contribution >= 0.6 is 0 Å². The number of benzene rings is 1. The van der Waals surface area contributed by atoms with Crippen molar-refractivity contribution in [2.24, 2.45) is 0 Å². The lowest BCUT2D eigenvalue weighted by Gasteiger charge is -2.17. The fourth-order valence-electron chi connectivity index (χ4n) is 3.60. The summed E-state index contributed by atoms with van der Waals surface area (Å²) in [5.41, 5.74) is 4.16. The Morgan fingerprint density at radius 1 is 1.11 bits per heavy atom. The third-order valence-corrected chi connectivity index (χ3v) is 5.15. The minimum atomic E-state index is 0.0698. The van der Waals surface area contributed by atoms with Crippen molar-refractivity contribution in [3.05, 3.63) is 65.6 Å². The van der Waals surface area contributed by atoms with Gasteiger partial charge < -0.3 is 19.4 Å². The lowest BCUT2D eigenvalue weighted by Crippen LogP contribution is -2.32. The molecular formula is C22H26N4O2. The summed E-state index contributed by atoms with van der Waals surface area (Å²) in [4.78, 5) is 18.7. The molecule has 3 aromatic rings. The number of hydrogen-bond donors (Lipinski definition) is 1. The smallest absolute Gasteiger partial charge is 0.260 e. The molecule has 1 aliphatic rings. The highest BCUT2D eigenvalue weighted by molar-refractivity contribution is 5.78. The number of aryl methyl sites for hydroxylation is 1. The van der Waals surface area contributed by atoms with Crippen LogP contribution in [-0.2, 0) is 17.9 Å². The molecule has 0 spiro atoms. The molecule has 1 aromatic carbocycles. The van der Waals surface area contributed by atoms with Crippen molar-refractivity contribution >= 4 is 11.6 Å². The molecular weight excluding hydrogens is 352 g/mol. The van der Waals surface area contributed by atoms with Crippen molar-refractivity contribution in [2.75, 3.05) is 19.7 Å². The average molecular weight is 378 g/mol. The van der Waals surface area contributed by atoms with Crippen LogP contribution < -0.4 is 10.1 Å². The zero-order valence-corrected chi connectivity index (χ0v) is 16.2. The molecule has 2 aromatic heterocycles. The monoisotopic (exact) mass is 378 g/mol. The Kier molecular flexibility index (Phi) is 5.58. The van der Waals surface area contributed by atoms with Crippen LogP contribution in [0.4, 0.5) is 0 Å². The van der Waals surface area contributed by atoms with Gasteiger partial charge in [-0.25, -0.2) is 4.98 Å². The highest BCUT2D eigenvalue weighted by Crippen LogP contribution is 2.18. The summed E-state index contributed by atoms with van der Waals surface area (Å²) >= 11 is 0. The van der Waals surface area contributed by atoms with Crippen LogP contribution in [0.25, 0.3) is 5.65 Å². The average Bonchev–Trinajstić information content (AvgIpc) is 3.37. The molecule has 1 saturated heterocycles. The van der Waals surface area contributed by atoms with E-state index in [1.165, 1.54) is 0 Å². The molecule has 6 nitrogen and oxygen atoms in total. The number of imidazole rings is 1. The Hall–Kier alpha value is -2.86. The summed E-state index contributed by atoms with van der Waals surface area (Å²) in [5, 5.41) is 3.43. The number of likely N-dealkylation sites (tertiary alicyclic amines) is 1. The summed E-state index contributed by atoms with van der Waals surface area (Å²) in [7, 11) is 0. The van der Waals surface area contributed by atoms with Gasteiger partial charge in [-0.1, -0.05) is 24.3 Å². The molecule has 0 saturated carbocycles. The number of pyridine rings is 1. The Labute approximate surface area is 165 Å². The Bertz CT molecular complexity index is 960. The fourth-order valence-corrected chi connectivity index (χ4v) is 3.60. The topological polar surface area (TPSA) is 58.9 Å². The van der Waals surface area contributed by atoms with Gasteiger partial charge in [0, 0.05) is 43.6 Å². The first-order chi connectivity index (χ1) is 13.7. The maximum atomic E-state index is 12.2. The maximum absolute atomic E-state index is 12.2. The highest BCUT2D eigenvalue weighted by atomic mass is 16.5. The Balaban J connectivity index is 1.34. The summed E-state index contributed by atoms with van der Waals surface area (Å²) in [6.07, 6.45) is 4.25. The summed E-state index contributed by atoms with van der Waals surface area (Å²) < 4.78 is 7.92. The second-order valence-corrected chi connectivity index (χ2v) is 7.22. The standard InChI is InChI=1S/C22H26N4O2/c1-17-7-6-10-21-24-19(15-26(17)21)14-23-13-18-8-2-3-9-20(18)28-16-22(27)25-11-4-5-12-25/h2-3,6-10,15,23H,4-5,11-14,16H2,1H3. The van der Waals surface area contributed by atoms with E-state index in [0.717, 1.165) is 54.3 Å². The first-order valence-electron chi connectivity index (χ1n) is 9.83. The third kappa shape index (κ3) is 4.17. The van der Waals surface area contributed by atoms with Crippen LogP contribution in [0.2, 0.25) is 0 Å². The van der Waals surface area contributed by atoms with Crippen molar-refractivity contribution in [2.45, 2.75) is 32.9 Å². The number of rotatable bonds is 7. The summed E-state index contributed by atoms with van der Waals surface area (Å²) in [5.74, 6) is 0.828. The molecule has 0 atom stereocenters. The van der Waals surface area contributed by atoms with Gasteiger partial charge in [0.2, 0.25) is 0 Å². The van der Waals surface area contributed by atoms with Gasteiger partial charge in [0.25, 0.3) is 5.91 Å². The molecule has 1 amide bonds. The first-order valence-corrected chi connectivity index (χ1v) is 9.83. The number of para-hydroxylation sites is 1. The molecule has 0 radical (unpaired) electrons. The van der Waals surface area contributed by atoms with E-state index in [9.17, 15) is 4.79 Å². The zero-order valence-electron chi connectivity index (χ0n) is 16.2. The number of carbonyl (C=O) groups is 1. The van der Waals surface area contributed by atoms with Crippen LogP contribution in [0.5, 0.6) is 5.75 Å². The molecule has 28 heavy (non-hydrogen) atoms. The van der Waals surface area contributed by atoms with E-state index < -0.39 is 0 Å². The van der Waals surface area contributed by atoms with Gasteiger partial charge in [-0.15, -0.1) is 0 Å². The molecule has 1 fully saturated rings. The normalized spacial score (nSPS) is 14.0. The molecule has 146 valence electrons. The van der Waals surface area contributed by atoms with Crippen LogP contribution in [0.3, 0.4) is 0 Å². The van der Waals surface area contributed by atoms with Gasteiger partial charge in [-0.3, -0.25) is 4.79 Å². The number of nitrogens with one attached hydrogen (secondary N) is 1. The van der Waals surface area contributed by atoms with Crippen molar-refractivity contribution < 1.29 is 9.53 Å². The van der Waals surface area contributed by atoms with Crippen LogP contribution in [0, 0.1) is 6.92 Å². The SMILES string of the molecule is Cc1cccc2nc(CNCc3ccccc3OCC(=O)N3CCCC3)cn12. The number of nitrogens with zero attached hydrogens (tertiary/aromatic N) is 3. The minimum Gasteiger partial charge on any atom is -0.483 e. The molecule has 0 aliphatic carbocycles. The molecule has 0 bridgehead atoms. The van der Waals surface area contributed by atoms with Crippen LogP contribution in [0.15, 0.2) is 48.7 Å². The number of hydrogen-bond acceptors (Lipinski definition) is 4. The van der Waals surface area contributed by atoms with E-state index in [-0.39, 0.29) is 12.5 Å². The zero-order chi connectivity index (χ0) is 19.3. The second-order valence-electron chi connectivity index (χ2n) is 7.22. The fraction of sp³-hybridized carbons (Fsp3) is 0.364. The molecule has 1 N–H and O–H groups in total. The van der Waals surface area contributed by atoms with Crippen molar-refractivity contribution in [3.63, 3.8) is 0 Å². The quantitative estimate of drug-likeness (QED) is 0.687. The molecule has 3 heterocycles. The predicted molar refractivity (Wildman–Crippen MR) is 108 cm³/mol. The van der Waals surface area contributed by atoms with E-state index in [4.69, 9.17) is 4.74 Å². The van der Waals surface area contributed by atoms with E-state index in [0.29, 0.717) is 13.1 Å². The Morgan fingerprint density at radius 3 is 2.75 bits per heavy atom. The first kappa shape index (κ1) is 18.5. The lowest BCUT2D eigenvalue weighted by atomic mass is 10.2. The highest BCUT2D eigenvalue weighted by Gasteiger charge is 2.18. The van der Waals surface area contributed by atoms with Gasteiger partial charge in [0.1, 0.15) is 11.4 Å². The van der Waals surface area contributed by atoms with E-state index in [1.54, 1.807) is 0 Å². The summed E-state index contributed by atoms with van der Waals surface area (Å²) in [6, 6.07) is 14.0. The number of carbonyl (C=O) groups excluding carboxylic acids is 1. The number of aromatic nitrogens is 2. The number of fused-ring (bicyclic) bond motifs is 1. The van der Waals surface area contributed by atoms with Crippen molar-refractivity contribution in [1.82, 2.24) is 19.6 Å². The third-order valence-electron chi connectivity index (χ3n) is 5.15. The van der Waals surface area contributed by atoms with E-state index in [1.807, 2.05) is 41.3 Å². The number of amides is 1. The molecule has 0 unspecified atom stereocenters. The van der Waals surface area contributed by atoms with Crippen molar-refractivity contribution in [3.8, 4) is 5.75 Å².